The molecule has 0 radical (unpaired) electrons. The molecule has 0 aliphatic heterocycles. The van der Waals surface area contributed by atoms with Crippen LogP contribution in [0.15, 0.2) is 42.5 Å². The van der Waals surface area contributed by atoms with E-state index in [1.165, 1.54) is 32.6 Å². The maximum absolute atomic E-state index is 13.4. The fraction of sp³-hybridized carbons (Fsp3) is 0.393. The van der Waals surface area contributed by atoms with Crippen LogP contribution < -0.4 is 5.32 Å². The van der Waals surface area contributed by atoms with Crippen LogP contribution in [0.5, 0.6) is 0 Å². The van der Waals surface area contributed by atoms with Gasteiger partial charge in [-0.05, 0) is 68.3 Å². The van der Waals surface area contributed by atoms with E-state index < -0.39 is 0 Å². The Hall–Kier alpha value is -2.92. The SMILES string of the molecule is CCCCCCCCNC(=O)Cc1c(C)n(C(=O)c2ccc(Cl)cc2)c2ccc(C(C)=O)cc12. The fourth-order valence-corrected chi connectivity index (χ4v) is 4.39. The Morgan fingerprint density at radius 2 is 1.56 bits per heavy atom. The van der Waals surface area contributed by atoms with Gasteiger partial charge >= 0.3 is 0 Å². The van der Waals surface area contributed by atoms with Gasteiger partial charge in [0.1, 0.15) is 0 Å². The van der Waals surface area contributed by atoms with Crippen LogP contribution in [0.4, 0.5) is 0 Å². The summed E-state index contributed by atoms with van der Waals surface area (Å²) in [6, 6.07) is 12.0. The van der Waals surface area contributed by atoms with E-state index in [4.69, 9.17) is 11.6 Å². The summed E-state index contributed by atoms with van der Waals surface area (Å²) in [5.74, 6) is -0.342. The standard InChI is InChI=1S/C28H33ClN2O3/c1-4-5-6-7-8-9-16-30-27(33)18-24-19(2)31(28(34)21-10-13-23(29)14-11-21)26-15-12-22(20(3)32)17-25(24)26/h10-15,17H,4-9,16,18H2,1-3H3,(H,30,33). The Morgan fingerprint density at radius 3 is 2.24 bits per heavy atom. The lowest BCUT2D eigenvalue weighted by molar-refractivity contribution is -0.120. The van der Waals surface area contributed by atoms with Crippen molar-refractivity contribution in [3.8, 4) is 0 Å². The number of nitrogens with zero attached hydrogens (tertiary/aromatic N) is 1. The normalized spacial score (nSPS) is 11.1. The summed E-state index contributed by atoms with van der Waals surface area (Å²) in [6.45, 7) is 6.20. The van der Waals surface area contributed by atoms with Crippen molar-refractivity contribution in [1.29, 1.82) is 0 Å². The van der Waals surface area contributed by atoms with E-state index in [9.17, 15) is 14.4 Å². The summed E-state index contributed by atoms with van der Waals surface area (Å²) in [6.07, 6.45) is 7.12. The number of Topliss-reactive ketones (excluding diaryl/α,β-unsaturated/α-hetero) is 1. The Balaban J connectivity index is 1.85. The minimum Gasteiger partial charge on any atom is -0.356 e. The van der Waals surface area contributed by atoms with Crippen LogP contribution in [0.25, 0.3) is 10.9 Å². The first-order valence-electron chi connectivity index (χ1n) is 12.0. The number of rotatable bonds is 11. The number of hydrogen-bond acceptors (Lipinski definition) is 3. The number of unbranched alkanes of at least 4 members (excludes halogenated alkanes) is 5. The highest BCUT2D eigenvalue weighted by molar-refractivity contribution is 6.30. The number of hydrogen-bond donors (Lipinski definition) is 1. The number of benzene rings is 2. The Labute approximate surface area is 206 Å². The highest BCUT2D eigenvalue weighted by atomic mass is 35.5. The van der Waals surface area contributed by atoms with Gasteiger partial charge in [0.05, 0.1) is 11.9 Å². The first-order valence-corrected chi connectivity index (χ1v) is 12.4. The summed E-state index contributed by atoms with van der Waals surface area (Å²) < 4.78 is 1.62. The van der Waals surface area contributed by atoms with Gasteiger partial charge in [-0.3, -0.25) is 19.0 Å². The van der Waals surface area contributed by atoms with Crippen molar-refractivity contribution in [1.82, 2.24) is 9.88 Å². The molecule has 0 bridgehead atoms. The zero-order valence-corrected chi connectivity index (χ0v) is 21.0. The summed E-state index contributed by atoms with van der Waals surface area (Å²) in [5, 5.41) is 4.32. The lowest BCUT2D eigenvalue weighted by Gasteiger charge is -2.08. The van der Waals surface area contributed by atoms with Crippen LogP contribution in [0, 0.1) is 6.92 Å². The third kappa shape index (κ3) is 6.15. The number of aromatic nitrogens is 1. The maximum Gasteiger partial charge on any atom is 0.262 e. The molecule has 180 valence electrons. The molecule has 0 saturated carbocycles. The molecule has 0 fully saturated rings. The second-order valence-corrected chi connectivity index (χ2v) is 9.23. The number of carbonyl (C=O) groups is 3. The van der Waals surface area contributed by atoms with Crippen molar-refractivity contribution >= 4 is 40.1 Å². The summed E-state index contributed by atoms with van der Waals surface area (Å²) in [7, 11) is 0. The molecule has 3 rings (SSSR count). The van der Waals surface area contributed by atoms with Gasteiger partial charge in [0.25, 0.3) is 5.91 Å². The summed E-state index contributed by atoms with van der Waals surface area (Å²) in [5.41, 5.74) is 3.20. The van der Waals surface area contributed by atoms with E-state index in [2.05, 4.69) is 12.2 Å². The van der Waals surface area contributed by atoms with Crippen molar-refractivity contribution in [3.63, 3.8) is 0 Å². The van der Waals surface area contributed by atoms with Gasteiger partial charge in [-0.1, -0.05) is 50.6 Å². The molecule has 0 atom stereocenters. The van der Waals surface area contributed by atoms with Crippen molar-refractivity contribution in [2.24, 2.45) is 0 Å². The Kier molecular flexibility index (Phi) is 9.05. The van der Waals surface area contributed by atoms with Crippen LogP contribution in [0.2, 0.25) is 5.02 Å². The monoisotopic (exact) mass is 480 g/mol. The second-order valence-electron chi connectivity index (χ2n) is 8.79. The lowest BCUT2D eigenvalue weighted by atomic mass is 10.0. The highest BCUT2D eigenvalue weighted by Crippen LogP contribution is 2.29. The fourth-order valence-electron chi connectivity index (χ4n) is 4.26. The van der Waals surface area contributed by atoms with Crippen molar-refractivity contribution < 1.29 is 14.4 Å². The van der Waals surface area contributed by atoms with Crippen LogP contribution in [-0.2, 0) is 11.2 Å². The number of nitrogens with one attached hydrogen (secondary N) is 1. The van der Waals surface area contributed by atoms with Crippen molar-refractivity contribution in [2.75, 3.05) is 6.54 Å². The predicted octanol–water partition coefficient (Wildman–Crippen LogP) is 6.51. The minimum atomic E-state index is -0.200. The van der Waals surface area contributed by atoms with Crippen LogP contribution in [0.1, 0.15) is 84.3 Å². The number of ketones is 1. The minimum absolute atomic E-state index is 0.0604. The van der Waals surface area contributed by atoms with E-state index in [-0.39, 0.29) is 24.0 Å². The van der Waals surface area contributed by atoms with Crippen LogP contribution in [0.3, 0.4) is 0 Å². The zero-order chi connectivity index (χ0) is 24.7. The molecule has 0 aliphatic rings. The molecule has 5 nitrogen and oxygen atoms in total. The van der Waals surface area contributed by atoms with Gasteiger partial charge in [-0.25, -0.2) is 0 Å². The molecule has 1 aromatic heterocycles. The summed E-state index contributed by atoms with van der Waals surface area (Å²) in [4.78, 5) is 38.1. The molecular formula is C28H33ClN2O3. The van der Waals surface area contributed by atoms with Crippen molar-refractivity contribution in [2.45, 2.75) is 65.7 Å². The molecule has 6 heteroatoms. The smallest absolute Gasteiger partial charge is 0.262 e. The Morgan fingerprint density at radius 1 is 0.912 bits per heavy atom. The molecular weight excluding hydrogens is 448 g/mol. The van der Waals surface area contributed by atoms with Gasteiger partial charge in [0.2, 0.25) is 5.91 Å². The first kappa shape index (κ1) is 25.7. The zero-order valence-electron chi connectivity index (χ0n) is 20.2. The van der Waals surface area contributed by atoms with Crippen LogP contribution in [-0.4, -0.2) is 28.7 Å². The molecule has 1 amide bonds. The molecule has 34 heavy (non-hydrogen) atoms. The van der Waals surface area contributed by atoms with Gasteiger partial charge in [-0.2, -0.15) is 0 Å². The molecule has 0 unspecified atom stereocenters. The summed E-state index contributed by atoms with van der Waals surface area (Å²) >= 11 is 5.99. The molecule has 3 aromatic rings. The number of halogens is 1. The van der Waals surface area contributed by atoms with Gasteiger partial charge in [0, 0.05) is 33.8 Å². The van der Waals surface area contributed by atoms with Crippen molar-refractivity contribution in [3.05, 3.63) is 69.9 Å². The average Bonchev–Trinajstić information content (AvgIpc) is 3.09. The van der Waals surface area contributed by atoms with E-state index in [1.807, 2.05) is 6.92 Å². The Bertz CT molecular complexity index is 1180. The van der Waals surface area contributed by atoms with Crippen LogP contribution >= 0.6 is 11.6 Å². The maximum atomic E-state index is 13.4. The molecule has 1 N–H and O–H groups in total. The van der Waals surface area contributed by atoms with Gasteiger partial charge in [0.15, 0.2) is 5.78 Å². The number of amides is 1. The van der Waals surface area contributed by atoms with E-state index in [0.29, 0.717) is 33.9 Å². The third-order valence-electron chi connectivity index (χ3n) is 6.23. The number of carbonyl (C=O) groups excluding carboxylic acids is 3. The number of fused-ring (bicyclic) bond motifs is 1. The third-order valence-corrected chi connectivity index (χ3v) is 6.48. The first-order chi connectivity index (χ1) is 16.3. The second kappa shape index (κ2) is 12.0. The van der Waals surface area contributed by atoms with Gasteiger partial charge in [-0.15, -0.1) is 0 Å². The molecule has 0 aliphatic carbocycles. The largest absolute Gasteiger partial charge is 0.356 e. The topological polar surface area (TPSA) is 68.2 Å². The van der Waals surface area contributed by atoms with E-state index in [1.54, 1.807) is 47.0 Å². The molecule has 2 aromatic carbocycles. The van der Waals surface area contributed by atoms with Gasteiger partial charge < -0.3 is 5.32 Å². The predicted molar refractivity (Wildman–Crippen MR) is 138 cm³/mol. The average molecular weight is 481 g/mol. The quantitative estimate of drug-likeness (QED) is 0.251. The highest BCUT2D eigenvalue weighted by Gasteiger charge is 2.22. The molecule has 0 saturated heterocycles. The molecule has 0 spiro atoms. The van der Waals surface area contributed by atoms with E-state index in [0.717, 1.165) is 23.8 Å². The lowest BCUT2D eigenvalue weighted by Crippen LogP contribution is -2.26. The van der Waals surface area contributed by atoms with E-state index >= 15 is 0 Å². The molecule has 1 heterocycles.